The second kappa shape index (κ2) is 6.93. The lowest BCUT2D eigenvalue weighted by atomic mass is 9.96. The molecule has 1 aromatic rings. The Labute approximate surface area is 121 Å². The van der Waals surface area contributed by atoms with Gasteiger partial charge in [-0.05, 0) is 65.1 Å². The monoisotopic (exact) mass is 277 g/mol. The summed E-state index contributed by atoms with van der Waals surface area (Å²) < 4.78 is 2.18. The Morgan fingerprint density at radius 2 is 2.30 bits per heavy atom. The fourth-order valence-corrected chi connectivity index (χ4v) is 3.17. The molecule has 0 bridgehead atoms. The standard InChI is InChI=1S/C16H27N3O/c1-4-19-12(2)10-15(13(19)3)16(20)18-9-7-14-6-5-8-17-11-14/h10,14,17H,4-9,11H2,1-3H3,(H,18,20). The van der Waals surface area contributed by atoms with Crippen molar-refractivity contribution < 1.29 is 4.79 Å². The highest BCUT2D eigenvalue weighted by molar-refractivity contribution is 5.95. The van der Waals surface area contributed by atoms with Gasteiger partial charge in [-0.25, -0.2) is 0 Å². The molecule has 1 aliphatic heterocycles. The van der Waals surface area contributed by atoms with Crippen LogP contribution in [0.15, 0.2) is 6.07 Å². The maximum absolute atomic E-state index is 12.2. The van der Waals surface area contributed by atoms with E-state index in [2.05, 4.69) is 29.0 Å². The van der Waals surface area contributed by atoms with Gasteiger partial charge in [0.05, 0.1) is 5.56 Å². The molecule has 0 aliphatic carbocycles. The molecule has 1 saturated heterocycles. The number of carbonyl (C=O) groups excluding carboxylic acids is 1. The summed E-state index contributed by atoms with van der Waals surface area (Å²) in [6.07, 6.45) is 3.62. The van der Waals surface area contributed by atoms with Crippen molar-refractivity contribution >= 4 is 5.91 Å². The molecule has 1 aliphatic rings. The van der Waals surface area contributed by atoms with Crippen LogP contribution in [0.3, 0.4) is 0 Å². The highest BCUT2D eigenvalue weighted by Gasteiger charge is 2.16. The molecule has 20 heavy (non-hydrogen) atoms. The molecular weight excluding hydrogens is 250 g/mol. The maximum atomic E-state index is 12.2. The number of amides is 1. The average Bonchev–Trinajstić information content (AvgIpc) is 2.74. The summed E-state index contributed by atoms with van der Waals surface area (Å²) in [5, 5.41) is 6.49. The number of nitrogens with one attached hydrogen (secondary N) is 2. The van der Waals surface area contributed by atoms with E-state index in [4.69, 9.17) is 0 Å². The quantitative estimate of drug-likeness (QED) is 0.867. The van der Waals surface area contributed by atoms with Gasteiger partial charge in [-0.15, -0.1) is 0 Å². The van der Waals surface area contributed by atoms with Gasteiger partial charge < -0.3 is 15.2 Å². The number of nitrogens with zero attached hydrogens (tertiary/aromatic N) is 1. The SMILES string of the molecule is CCn1c(C)cc(C(=O)NCCC2CCCNC2)c1C. The highest BCUT2D eigenvalue weighted by atomic mass is 16.1. The van der Waals surface area contributed by atoms with Gasteiger partial charge in [0, 0.05) is 24.5 Å². The summed E-state index contributed by atoms with van der Waals surface area (Å²) >= 11 is 0. The minimum Gasteiger partial charge on any atom is -0.352 e. The van der Waals surface area contributed by atoms with Crippen molar-refractivity contribution in [1.29, 1.82) is 0 Å². The third kappa shape index (κ3) is 3.42. The first kappa shape index (κ1) is 15.1. The van der Waals surface area contributed by atoms with E-state index in [-0.39, 0.29) is 5.91 Å². The Morgan fingerprint density at radius 1 is 1.50 bits per heavy atom. The summed E-state index contributed by atoms with van der Waals surface area (Å²) in [6.45, 7) is 10.1. The van der Waals surface area contributed by atoms with Crippen molar-refractivity contribution in [2.75, 3.05) is 19.6 Å². The molecule has 4 nitrogen and oxygen atoms in total. The molecule has 1 atom stereocenters. The first-order chi connectivity index (χ1) is 9.63. The van der Waals surface area contributed by atoms with Crippen molar-refractivity contribution in [1.82, 2.24) is 15.2 Å². The molecule has 2 rings (SSSR count). The largest absolute Gasteiger partial charge is 0.352 e. The Bertz CT molecular complexity index is 459. The van der Waals surface area contributed by atoms with Gasteiger partial charge in [-0.3, -0.25) is 4.79 Å². The fraction of sp³-hybridized carbons (Fsp3) is 0.688. The number of aryl methyl sites for hydroxylation is 1. The summed E-state index contributed by atoms with van der Waals surface area (Å²) in [7, 11) is 0. The van der Waals surface area contributed by atoms with Crippen molar-refractivity contribution in [2.45, 2.75) is 46.6 Å². The molecule has 0 saturated carbocycles. The number of rotatable bonds is 5. The number of aromatic nitrogens is 1. The van der Waals surface area contributed by atoms with Crippen molar-refractivity contribution in [3.8, 4) is 0 Å². The summed E-state index contributed by atoms with van der Waals surface area (Å²) in [4.78, 5) is 12.2. The zero-order valence-corrected chi connectivity index (χ0v) is 13.0. The normalized spacial score (nSPS) is 19.1. The van der Waals surface area contributed by atoms with E-state index in [1.807, 2.05) is 13.0 Å². The molecule has 4 heteroatoms. The zero-order valence-electron chi connectivity index (χ0n) is 13.0. The van der Waals surface area contributed by atoms with Crippen LogP contribution in [-0.2, 0) is 6.54 Å². The predicted molar refractivity (Wildman–Crippen MR) is 82.1 cm³/mol. The van der Waals surface area contributed by atoms with Gasteiger partial charge in [0.2, 0.25) is 0 Å². The number of hydrogen-bond acceptors (Lipinski definition) is 2. The summed E-state index contributed by atoms with van der Waals surface area (Å²) in [5.74, 6) is 0.786. The predicted octanol–water partition coefficient (Wildman–Crippen LogP) is 2.24. The number of piperidine rings is 1. The minimum absolute atomic E-state index is 0.0709. The van der Waals surface area contributed by atoms with Crippen LogP contribution in [-0.4, -0.2) is 30.1 Å². The van der Waals surface area contributed by atoms with E-state index in [0.717, 1.165) is 49.6 Å². The number of carbonyl (C=O) groups is 1. The molecule has 0 radical (unpaired) electrons. The van der Waals surface area contributed by atoms with Gasteiger partial charge in [-0.2, -0.15) is 0 Å². The lowest BCUT2D eigenvalue weighted by molar-refractivity contribution is 0.0950. The third-order valence-electron chi connectivity index (χ3n) is 4.37. The van der Waals surface area contributed by atoms with Gasteiger partial charge >= 0.3 is 0 Å². The Morgan fingerprint density at radius 3 is 2.90 bits per heavy atom. The van der Waals surface area contributed by atoms with E-state index >= 15 is 0 Å². The third-order valence-corrected chi connectivity index (χ3v) is 4.37. The molecule has 112 valence electrons. The molecule has 1 aromatic heterocycles. The maximum Gasteiger partial charge on any atom is 0.253 e. The van der Waals surface area contributed by atoms with Crippen molar-refractivity contribution in [2.24, 2.45) is 5.92 Å². The van der Waals surface area contributed by atoms with E-state index in [1.54, 1.807) is 0 Å². The molecule has 1 unspecified atom stereocenters. The van der Waals surface area contributed by atoms with Crippen LogP contribution in [0, 0.1) is 19.8 Å². The molecular formula is C16H27N3O. The first-order valence-corrected chi connectivity index (χ1v) is 7.79. The molecule has 0 spiro atoms. The molecule has 2 heterocycles. The van der Waals surface area contributed by atoms with Gasteiger partial charge in [0.1, 0.15) is 0 Å². The fourth-order valence-electron chi connectivity index (χ4n) is 3.17. The summed E-state index contributed by atoms with van der Waals surface area (Å²) in [6, 6.07) is 2.00. The molecule has 0 aromatic carbocycles. The average molecular weight is 277 g/mol. The van der Waals surface area contributed by atoms with Crippen molar-refractivity contribution in [3.63, 3.8) is 0 Å². The van der Waals surface area contributed by atoms with Crippen molar-refractivity contribution in [3.05, 3.63) is 23.0 Å². The van der Waals surface area contributed by atoms with Crippen LogP contribution < -0.4 is 10.6 Å². The molecule has 1 amide bonds. The Balaban J connectivity index is 1.85. The van der Waals surface area contributed by atoms with Crippen LogP contribution in [0.5, 0.6) is 0 Å². The second-order valence-corrected chi connectivity index (χ2v) is 5.79. The Kier molecular flexibility index (Phi) is 5.24. The van der Waals surface area contributed by atoms with E-state index in [0.29, 0.717) is 5.92 Å². The van der Waals surface area contributed by atoms with Crippen LogP contribution in [0.1, 0.15) is 47.9 Å². The smallest absolute Gasteiger partial charge is 0.253 e. The van der Waals surface area contributed by atoms with Crippen LogP contribution >= 0.6 is 0 Å². The van der Waals surface area contributed by atoms with Gasteiger partial charge in [0.15, 0.2) is 0 Å². The zero-order chi connectivity index (χ0) is 14.5. The number of hydrogen-bond donors (Lipinski definition) is 2. The lowest BCUT2D eigenvalue weighted by Gasteiger charge is -2.22. The van der Waals surface area contributed by atoms with E-state index in [1.165, 1.54) is 12.8 Å². The minimum atomic E-state index is 0.0709. The van der Waals surface area contributed by atoms with Crippen LogP contribution in [0.2, 0.25) is 0 Å². The molecule has 1 fully saturated rings. The van der Waals surface area contributed by atoms with E-state index in [9.17, 15) is 4.79 Å². The Hall–Kier alpha value is -1.29. The molecule has 2 N–H and O–H groups in total. The van der Waals surface area contributed by atoms with Gasteiger partial charge in [0.25, 0.3) is 5.91 Å². The first-order valence-electron chi connectivity index (χ1n) is 7.79. The summed E-state index contributed by atoms with van der Waals surface area (Å²) in [5.41, 5.74) is 3.06. The lowest BCUT2D eigenvalue weighted by Crippen LogP contribution is -2.33. The van der Waals surface area contributed by atoms with Crippen LogP contribution in [0.25, 0.3) is 0 Å². The second-order valence-electron chi connectivity index (χ2n) is 5.79. The van der Waals surface area contributed by atoms with Gasteiger partial charge in [-0.1, -0.05) is 0 Å². The highest BCUT2D eigenvalue weighted by Crippen LogP contribution is 2.16. The van der Waals surface area contributed by atoms with E-state index < -0.39 is 0 Å². The topological polar surface area (TPSA) is 46.1 Å². The van der Waals surface area contributed by atoms with Crippen LogP contribution in [0.4, 0.5) is 0 Å².